The second-order valence-electron chi connectivity index (χ2n) is 10.2. The zero-order valence-electron chi connectivity index (χ0n) is 22.8. The minimum absolute atomic E-state index is 0.00109. The highest BCUT2D eigenvalue weighted by Crippen LogP contribution is 2.38. The average molecular weight is 492 g/mol. The van der Waals surface area contributed by atoms with Crippen molar-refractivity contribution in [1.82, 2.24) is 0 Å². The quantitative estimate of drug-likeness (QED) is 0.266. The number of aryl methyl sites for hydroxylation is 2. The number of allylic oxidation sites excluding steroid dienone is 2. The molecule has 0 aromatic heterocycles. The third-order valence-electron chi connectivity index (χ3n) is 7.13. The Labute approximate surface area is 221 Å². The molecule has 3 aromatic carbocycles. The van der Waals surface area contributed by atoms with Crippen molar-refractivity contribution in [3.63, 3.8) is 0 Å². The molecule has 37 heavy (non-hydrogen) atoms. The van der Waals surface area contributed by atoms with Gasteiger partial charge in [-0.25, -0.2) is 0 Å². The van der Waals surface area contributed by atoms with Crippen molar-refractivity contribution in [2.45, 2.75) is 60.5 Å². The lowest BCUT2D eigenvalue weighted by Gasteiger charge is -2.22. The standard InChI is InChI=1S/C34H37NO2/c1-7-22(2)19-35-20-25(5)34-29-13-11-23(3)31(17-29)32(15-26(6)36)28-10-8-9-27(16-28)21-37-33-18-30(34)14-12-24(33)4/h8-20,22,34H,7,21H2,1-6H3/b25-20+,32-15-,35-19?. The molecule has 2 unspecified atom stereocenters. The lowest BCUT2D eigenvalue weighted by Crippen LogP contribution is -2.06. The normalized spacial score (nSPS) is 17.5. The Morgan fingerprint density at radius 3 is 2.49 bits per heavy atom. The number of nitrogens with zero attached hydrogens (tertiary/aromatic N) is 1. The predicted octanol–water partition coefficient (Wildman–Crippen LogP) is 8.37. The molecule has 1 aliphatic heterocycles. The van der Waals surface area contributed by atoms with Gasteiger partial charge in [-0.2, -0.15) is 0 Å². The van der Waals surface area contributed by atoms with Crippen molar-refractivity contribution in [3.8, 4) is 5.75 Å². The second-order valence-corrected chi connectivity index (χ2v) is 10.2. The Hall–Kier alpha value is -3.72. The summed E-state index contributed by atoms with van der Waals surface area (Å²) in [6, 6.07) is 21.4. The van der Waals surface area contributed by atoms with E-state index < -0.39 is 0 Å². The Kier molecular flexibility index (Phi) is 8.23. The smallest absolute Gasteiger partial charge is 0.153 e. The number of hydrogen-bond acceptors (Lipinski definition) is 3. The van der Waals surface area contributed by atoms with E-state index in [0.29, 0.717) is 12.5 Å². The summed E-state index contributed by atoms with van der Waals surface area (Å²) in [5, 5.41) is 0. The number of hydrogen-bond donors (Lipinski definition) is 0. The van der Waals surface area contributed by atoms with Crippen molar-refractivity contribution in [2.75, 3.05) is 0 Å². The lowest BCUT2D eigenvalue weighted by atomic mass is 9.82. The van der Waals surface area contributed by atoms with Crippen LogP contribution in [0, 0.1) is 19.8 Å². The molecule has 6 bridgehead atoms. The van der Waals surface area contributed by atoms with Crippen LogP contribution in [-0.4, -0.2) is 12.0 Å². The van der Waals surface area contributed by atoms with Crippen molar-refractivity contribution < 1.29 is 9.53 Å². The predicted molar refractivity (Wildman–Crippen MR) is 154 cm³/mol. The van der Waals surface area contributed by atoms with Crippen molar-refractivity contribution in [1.29, 1.82) is 0 Å². The van der Waals surface area contributed by atoms with E-state index in [4.69, 9.17) is 4.74 Å². The van der Waals surface area contributed by atoms with E-state index in [-0.39, 0.29) is 11.7 Å². The largest absolute Gasteiger partial charge is 0.489 e. The van der Waals surface area contributed by atoms with Crippen molar-refractivity contribution in [2.24, 2.45) is 10.9 Å². The molecule has 0 N–H and O–H groups in total. The average Bonchev–Trinajstić information content (AvgIpc) is 2.88. The van der Waals surface area contributed by atoms with E-state index in [2.05, 4.69) is 94.2 Å². The number of aliphatic imine (C=N–C) groups is 1. The fourth-order valence-electron chi connectivity index (χ4n) is 4.78. The van der Waals surface area contributed by atoms with E-state index in [1.165, 1.54) is 0 Å². The van der Waals surface area contributed by atoms with E-state index in [1.54, 1.807) is 13.0 Å². The summed E-state index contributed by atoms with van der Waals surface area (Å²) in [6.45, 7) is 12.8. The molecule has 190 valence electrons. The molecule has 0 amide bonds. The van der Waals surface area contributed by atoms with Crippen LogP contribution in [0.25, 0.3) is 5.57 Å². The van der Waals surface area contributed by atoms with Crippen LogP contribution in [0.1, 0.15) is 79.0 Å². The number of carbonyl (C=O) groups excluding carboxylic acids is 1. The molecule has 0 aliphatic carbocycles. The molecule has 0 saturated heterocycles. The van der Waals surface area contributed by atoms with Crippen LogP contribution < -0.4 is 4.74 Å². The van der Waals surface area contributed by atoms with Crippen LogP contribution in [0.5, 0.6) is 5.75 Å². The first-order valence-corrected chi connectivity index (χ1v) is 13.1. The van der Waals surface area contributed by atoms with Crippen molar-refractivity contribution in [3.05, 3.63) is 117 Å². The Morgan fingerprint density at radius 1 is 1.03 bits per heavy atom. The first kappa shape index (κ1) is 26.3. The van der Waals surface area contributed by atoms with Gasteiger partial charge in [0, 0.05) is 18.3 Å². The summed E-state index contributed by atoms with van der Waals surface area (Å²) in [7, 11) is 0. The minimum Gasteiger partial charge on any atom is -0.489 e. The molecule has 0 radical (unpaired) electrons. The minimum atomic E-state index is -0.00109. The van der Waals surface area contributed by atoms with E-state index in [0.717, 1.165) is 62.3 Å². The van der Waals surface area contributed by atoms with E-state index >= 15 is 0 Å². The van der Waals surface area contributed by atoms with Gasteiger partial charge >= 0.3 is 0 Å². The highest BCUT2D eigenvalue weighted by molar-refractivity contribution is 5.99. The molecule has 0 fully saturated rings. The van der Waals surface area contributed by atoms with Gasteiger partial charge in [-0.15, -0.1) is 0 Å². The highest BCUT2D eigenvalue weighted by Gasteiger charge is 2.21. The maximum Gasteiger partial charge on any atom is 0.153 e. The molecule has 3 aromatic rings. The zero-order valence-corrected chi connectivity index (χ0v) is 22.8. The molecule has 1 heterocycles. The molecule has 0 saturated carbocycles. The first-order chi connectivity index (χ1) is 17.8. The highest BCUT2D eigenvalue weighted by atomic mass is 16.5. The summed E-state index contributed by atoms with van der Waals surface area (Å²) >= 11 is 0. The lowest BCUT2D eigenvalue weighted by molar-refractivity contribution is -0.112. The van der Waals surface area contributed by atoms with E-state index in [1.807, 2.05) is 18.5 Å². The van der Waals surface area contributed by atoms with Crippen LogP contribution in [0.15, 0.2) is 83.5 Å². The molecular weight excluding hydrogens is 454 g/mol. The maximum atomic E-state index is 12.3. The molecule has 3 nitrogen and oxygen atoms in total. The fraction of sp³-hybridized carbons (Fsp3) is 0.294. The summed E-state index contributed by atoms with van der Waals surface area (Å²) < 4.78 is 6.35. The number of ketones is 1. The SMILES string of the molecule is CCC(C)C=N/C=C(\C)C1c2ccc(C)c(c2)OCc2cccc(c2)/C(=C/C(C)=O)c2cc1ccc2C. The first-order valence-electron chi connectivity index (χ1n) is 13.1. The van der Waals surface area contributed by atoms with Crippen LogP contribution in [0.3, 0.4) is 0 Å². The van der Waals surface area contributed by atoms with Gasteiger partial charge in [-0.05, 0) is 114 Å². The Balaban J connectivity index is 1.98. The topological polar surface area (TPSA) is 38.7 Å². The summed E-state index contributed by atoms with van der Waals surface area (Å²) in [5.74, 6) is 1.34. The number of fused-ring (bicyclic) bond motifs is 6. The van der Waals surface area contributed by atoms with Gasteiger partial charge in [0.05, 0.1) is 0 Å². The Bertz CT molecular complexity index is 1390. The second kappa shape index (κ2) is 11.6. The van der Waals surface area contributed by atoms with E-state index in [9.17, 15) is 4.79 Å². The van der Waals surface area contributed by atoms with Gasteiger partial charge in [-0.1, -0.05) is 56.3 Å². The van der Waals surface area contributed by atoms with Crippen LogP contribution in [0.2, 0.25) is 0 Å². The maximum absolute atomic E-state index is 12.3. The Morgan fingerprint density at radius 2 is 1.76 bits per heavy atom. The number of rotatable bonds is 5. The third kappa shape index (κ3) is 6.17. The third-order valence-corrected chi connectivity index (χ3v) is 7.13. The molecular formula is C34H37NO2. The molecule has 0 spiro atoms. The molecule has 2 atom stereocenters. The van der Waals surface area contributed by atoms with Crippen molar-refractivity contribution >= 4 is 17.6 Å². The summed E-state index contributed by atoms with van der Waals surface area (Å²) in [6.07, 6.45) is 6.83. The summed E-state index contributed by atoms with van der Waals surface area (Å²) in [4.78, 5) is 17.0. The van der Waals surface area contributed by atoms with Gasteiger partial charge in [0.1, 0.15) is 12.4 Å². The van der Waals surface area contributed by atoms with Gasteiger partial charge in [0.15, 0.2) is 5.78 Å². The number of benzene rings is 3. The van der Waals surface area contributed by atoms with Gasteiger partial charge in [0.2, 0.25) is 0 Å². The van der Waals surface area contributed by atoms with Gasteiger partial charge in [-0.3, -0.25) is 9.79 Å². The van der Waals surface area contributed by atoms with Crippen LogP contribution in [-0.2, 0) is 11.4 Å². The van der Waals surface area contributed by atoms with Gasteiger partial charge in [0.25, 0.3) is 0 Å². The van der Waals surface area contributed by atoms with Gasteiger partial charge < -0.3 is 4.74 Å². The van der Waals surface area contributed by atoms with Crippen LogP contribution in [0.4, 0.5) is 0 Å². The molecule has 3 heteroatoms. The number of carbonyl (C=O) groups is 1. The monoisotopic (exact) mass is 491 g/mol. The molecule has 1 aliphatic rings. The summed E-state index contributed by atoms with van der Waals surface area (Å²) in [5.41, 5.74) is 9.79. The van der Waals surface area contributed by atoms with Crippen LogP contribution >= 0.6 is 0 Å². The zero-order chi connectivity index (χ0) is 26.5. The molecule has 4 rings (SSSR count). The number of ether oxygens (including phenoxy) is 1. The fourth-order valence-corrected chi connectivity index (χ4v) is 4.78.